The standard InChI is InChI=1S/C46H40BN3O8/c1-27-15-17-31(18-16-27)48-50-43(53)38-25-37-34(21-22-36-40(37)44(54)49(42(36)52)32-14-8-13-30(23-32)47(56)57)41(46(38,45(50)55)29-11-6-3-7-12-29)35-20-19-33(24-39(35)51)58-26-28-9-4-2-5-10-28/h2-21,23-24,36-38,40-41,48,51,56-57H,22,25-26H2,1H3. The molecule has 290 valence electrons. The molecule has 5 aromatic rings. The van der Waals surface area contributed by atoms with Gasteiger partial charge < -0.3 is 19.9 Å². The van der Waals surface area contributed by atoms with E-state index in [0.717, 1.165) is 21.0 Å². The van der Waals surface area contributed by atoms with Crippen LogP contribution < -0.4 is 20.5 Å². The van der Waals surface area contributed by atoms with Gasteiger partial charge in [-0.05, 0) is 72.6 Å². The monoisotopic (exact) mass is 773 g/mol. The Morgan fingerprint density at radius 2 is 1.52 bits per heavy atom. The minimum atomic E-state index is -1.81. The van der Waals surface area contributed by atoms with E-state index < -0.39 is 65.8 Å². The molecular formula is C46H40BN3O8. The van der Waals surface area contributed by atoms with E-state index in [1.54, 1.807) is 36.4 Å². The number of carbonyl (C=O) groups is 4. The van der Waals surface area contributed by atoms with E-state index in [1.807, 2.05) is 85.8 Å². The number of phenols is 1. The van der Waals surface area contributed by atoms with Gasteiger partial charge in [-0.3, -0.25) is 29.5 Å². The van der Waals surface area contributed by atoms with Gasteiger partial charge >= 0.3 is 7.12 Å². The maximum absolute atomic E-state index is 15.4. The molecule has 0 aromatic heterocycles. The minimum absolute atomic E-state index is 0.0797. The van der Waals surface area contributed by atoms with E-state index in [2.05, 4.69) is 5.43 Å². The Labute approximate surface area is 335 Å². The van der Waals surface area contributed by atoms with E-state index >= 15 is 4.79 Å². The minimum Gasteiger partial charge on any atom is -0.508 e. The van der Waals surface area contributed by atoms with Gasteiger partial charge in [0.15, 0.2) is 0 Å². The highest BCUT2D eigenvalue weighted by Gasteiger charge is 2.70. The fourth-order valence-corrected chi connectivity index (χ4v) is 9.77. The summed E-state index contributed by atoms with van der Waals surface area (Å²) < 4.78 is 6.07. The summed E-state index contributed by atoms with van der Waals surface area (Å²) in [5, 5.41) is 32.9. The number of allylic oxidation sites excluding steroid dienone is 2. The van der Waals surface area contributed by atoms with Gasteiger partial charge in [-0.2, -0.15) is 5.01 Å². The van der Waals surface area contributed by atoms with E-state index in [-0.39, 0.29) is 36.3 Å². The quantitative estimate of drug-likeness (QED) is 0.0905. The third-order valence-electron chi connectivity index (χ3n) is 12.4. The number of fused-ring (bicyclic) bond motifs is 4. The number of hydrazine groups is 1. The number of phenolic OH excluding ortho intramolecular Hbond substituents is 1. The summed E-state index contributed by atoms with van der Waals surface area (Å²) in [6, 6.07) is 37.1. The number of aromatic hydroxyl groups is 1. The predicted molar refractivity (Wildman–Crippen MR) is 216 cm³/mol. The van der Waals surface area contributed by atoms with E-state index in [9.17, 15) is 29.5 Å². The SMILES string of the molecule is Cc1ccc(NN2C(=O)C3CC4C(=CCC5C(=O)N(c6cccc(B(O)O)c6)C(=O)C54)C(c4ccc(OCc5ccccc5)cc4O)C3(c3ccccc3)C2=O)cc1. The molecule has 4 N–H and O–H groups in total. The molecule has 4 aliphatic rings. The molecule has 5 aromatic carbocycles. The zero-order valence-corrected chi connectivity index (χ0v) is 31.6. The van der Waals surface area contributed by atoms with Crippen LogP contribution in [0.5, 0.6) is 11.5 Å². The predicted octanol–water partition coefficient (Wildman–Crippen LogP) is 5.15. The average molecular weight is 774 g/mol. The number of nitrogens with one attached hydrogen (secondary N) is 1. The highest BCUT2D eigenvalue weighted by Crippen LogP contribution is 2.65. The van der Waals surface area contributed by atoms with Crippen LogP contribution in [0.2, 0.25) is 0 Å². The molecular weight excluding hydrogens is 733 g/mol. The Morgan fingerprint density at radius 3 is 2.22 bits per heavy atom. The number of anilines is 2. The van der Waals surface area contributed by atoms with Crippen LogP contribution in [0, 0.1) is 30.6 Å². The maximum atomic E-state index is 15.4. The lowest BCUT2D eigenvalue weighted by atomic mass is 9.49. The molecule has 58 heavy (non-hydrogen) atoms. The van der Waals surface area contributed by atoms with Gasteiger partial charge in [0.2, 0.25) is 11.8 Å². The third-order valence-corrected chi connectivity index (χ3v) is 12.4. The normalized spacial score (nSPS) is 24.9. The number of nitrogens with zero attached hydrogens (tertiary/aromatic N) is 2. The summed E-state index contributed by atoms with van der Waals surface area (Å²) in [7, 11) is -1.81. The molecule has 2 aliphatic heterocycles. The van der Waals surface area contributed by atoms with Gasteiger partial charge in [-0.25, -0.2) is 0 Å². The van der Waals surface area contributed by atoms with Gasteiger partial charge in [0.05, 0.1) is 34.5 Å². The van der Waals surface area contributed by atoms with Crippen molar-refractivity contribution in [3.63, 3.8) is 0 Å². The number of aryl methyl sites for hydroxylation is 1. The molecule has 6 unspecified atom stereocenters. The Morgan fingerprint density at radius 1 is 0.793 bits per heavy atom. The molecule has 2 heterocycles. The molecule has 6 atom stereocenters. The Bertz CT molecular complexity index is 2480. The number of carbonyl (C=O) groups excluding carboxylic acids is 4. The lowest BCUT2D eigenvalue weighted by Crippen LogP contribution is -2.53. The zero-order valence-electron chi connectivity index (χ0n) is 31.6. The first-order chi connectivity index (χ1) is 28.1. The van der Waals surface area contributed by atoms with Crippen molar-refractivity contribution in [1.82, 2.24) is 5.01 Å². The Hall–Kier alpha value is -6.50. The zero-order chi connectivity index (χ0) is 40.3. The molecule has 4 amide bonds. The van der Waals surface area contributed by atoms with E-state index in [1.165, 1.54) is 18.2 Å². The number of imide groups is 2. The number of benzene rings is 5. The van der Waals surface area contributed by atoms with Gasteiger partial charge in [0.1, 0.15) is 18.1 Å². The first kappa shape index (κ1) is 37.1. The van der Waals surface area contributed by atoms with Crippen molar-refractivity contribution in [2.24, 2.45) is 23.7 Å². The average Bonchev–Trinajstić information content (AvgIpc) is 3.62. The maximum Gasteiger partial charge on any atom is 0.488 e. The molecule has 9 rings (SSSR count). The molecule has 0 radical (unpaired) electrons. The second-order valence-electron chi connectivity index (χ2n) is 15.6. The van der Waals surface area contributed by atoms with Gasteiger partial charge in [-0.15, -0.1) is 0 Å². The van der Waals surface area contributed by atoms with Crippen LogP contribution in [0.15, 0.2) is 139 Å². The largest absolute Gasteiger partial charge is 0.508 e. The van der Waals surface area contributed by atoms with Crippen LogP contribution in [0.1, 0.15) is 41.0 Å². The summed E-state index contributed by atoms with van der Waals surface area (Å²) in [4.78, 5) is 60.4. The molecule has 0 bridgehead atoms. The first-order valence-electron chi connectivity index (χ1n) is 19.4. The van der Waals surface area contributed by atoms with Crippen molar-refractivity contribution in [1.29, 1.82) is 0 Å². The highest BCUT2D eigenvalue weighted by molar-refractivity contribution is 6.58. The van der Waals surface area contributed by atoms with Gasteiger partial charge in [0, 0.05) is 17.5 Å². The van der Waals surface area contributed by atoms with Crippen molar-refractivity contribution >= 4 is 47.6 Å². The van der Waals surface area contributed by atoms with Crippen LogP contribution in [0.25, 0.3) is 0 Å². The number of hydrogen-bond acceptors (Lipinski definition) is 9. The van der Waals surface area contributed by atoms with Crippen LogP contribution in [0.3, 0.4) is 0 Å². The molecule has 3 fully saturated rings. The lowest BCUT2D eigenvalue weighted by molar-refractivity contribution is -0.138. The number of amides is 4. The Kier molecular flexibility index (Phi) is 9.25. The van der Waals surface area contributed by atoms with Crippen LogP contribution in [-0.2, 0) is 31.2 Å². The summed E-state index contributed by atoms with van der Waals surface area (Å²) >= 11 is 0. The molecule has 12 heteroatoms. The molecule has 2 aliphatic carbocycles. The first-order valence-corrected chi connectivity index (χ1v) is 19.4. The second kappa shape index (κ2) is 14.5. The topological polar surface area (TPSA) is 157 Å². The molecule has 1 saturated carbocycles. The summed E-state index contributed by atoms with van der Waals surface area (Å²) in [6.45, 7) is 2.20. The number of rotatable bonds is 9. The Balaban J connectivity index is 1.19. The summed E-state index contributed by atoms with van der Waals surface area (Å²) in [5.74, 6) is -5.88. The van der Waals surface area contributed by atoms with E-state index in [4.69, 9.17) is 4.74 Å². The molecule has 2 saturated heterocycles. The third kappa shape index (κ3) is 5.90. The van der Waals surface area contributed by atoms with Crippen molar-refractivity contribution in [3.8, 4) is 11.5 Å². The summed E-state index contributed by atoms with van der Waals surface area (Å²) in [6.07, 6.45) is 2.18. The van der Waals surface area contributed by atoms with Gasteiger partial charge in [0.25, 0.3) is 11.8 Å². The van der Waals surface area contributed by atoms with E-state index in [0.29, 0.717) is 28.1 Å². The van der Waals surface area contributed by atoms with Crippen molar-refractivity contribution in [2.45, 2.75) is 37.7 Å². The summed E-state index contributed by atoms with van der Waals surface area (Å²) in [5.41, 5.74) is 6.00. The highest BCUT2D eigenvalue weighted by atomic mass is 16.5. The van der Waals surface area contributed by atoms with Crippen molar-refractivity contribution < 1.29 is 39.1 Å². The number of ether oxygens (including phenoxy) is 1. The fraction of sp³-hybridized carbons (Fsp3) is 0.217. The number of hydrogen-bond donors (Lipinski definition) is 4. The second-order valence-corrected chi connectivity index (χ2v) is 15.6. The van der Waals surface area contributed by atoms with Crippen LogP contribution in [-0.4, -0.2) is 50.9 Å². The van der Waals surface area contributed by atoms with Crippen molar-refractivity contribution in [3.05, 3.63) is 161 Å². The fourth-order valence-electron chi connectivity index (χ4n) is 9.77. The molecule has 11 nitrogen and oxygen atoms in total. The lowest BCUT2D eigenvalue weighted by Gasteiger charge is -2.50. The smallest absolute Gasteiger partial charge is 0.488 e. The van der Waals surface area contributed by atoms with Crippen LogP contribution in [0.4, 0.5) is 11.4 Å². The van der Waals surface area contributed by atoms with Crippen LogP contribution >= 0.6 is 0 Å². The molecule has 0 spiro atoms. The van der Waals surface area contributed by atoms with Crippen molar-refractivity contribution in [2.75, 3.05) is 10.3 Å². The van der Waals surface area contributed by atoms with Gasteiger partial charge in [-0.1, -0.05) is 108 Å².